The fourth-order valence-electron chi connectivity index (χ4n) is 1.79. The molecule has 1 atom stereocenters. The van der Waals surface area contributed by atoms with Crippen LogP contribution in [-0.2, 0) is 4.79 Å². The van der Waals surface area contributed by atoms with Gasteiger partial charge < -0.3 is 15.8 Å². The van der Waals surface area contributed by atoms with Crippen LogP contribution in [0.5, 0.6) is 5.75 Å². The molecule has 3 N–H and O–H groups in total. The lowest BCUT2D eigenvalue weighted by atomic mass is 9.96. The number of methoxy groups -OCH3 is 1. The van der Waals surface area contributed by atoms with Crippen molar-refractivity contribution in [1.29, 1.82) is 0 Å². The Morgan fingerprint density at radius 2 is 2.20 bits per heavy atom. The molecule has 1 rings (SSSR count). The molecule has 7 heteroatoms. The number of nitro groups is 1. The zero-order valence-corrected chi connectivity index (χ0v) is 11.8. The Hall–Kier alpha value is -2.15. The molecule has 1 aromatic carbocycles. The van der Waals surface area contributed by atoms with Crippen LogP contribution in [0.2, 0.25) is 0 Å². The number of non-ortho nitro benzene ring substituents is 1. The predicted molar refractivity (Wildman–Crippen MR) is 75.8 cm³/mol. The van der Waals surface area contributed by atoms with Gasteiger partial charge in [0.2, 0.25) is 5.91 Å². The molecule has 0 aliphatic heterocycles. The Morgan fingerprint density at radius 3 is 2.70 bits per heavy atom. The van der Waals surface area contributed by atoms with E-state index in [1.54, 1.807) is 6.92 Å². The molecule has 0 spiro atoms. The van der Waals surface area contributed by atoms with Crippen LogP contribution in [0.25, 0.3) is 0 Å². The monoisotopic (exact) mass is 281 g/mol. The minimum Gasteiger partial charge on any atom is -0.494 e. The molecule has 0 saturated carbocycles. The summed E-state index contributed by atoms with van der Waals surface area (Å²) in [5.41, 5.74) is 5.18. The average molecular weight is 281 g/mol. The van der Waals surface area contributed by atoms with Gasteiger partial charge in [-0.05, 0) is 19.4 Å². The van der Waals surface area contributed by atoms with Crippen molar-refractivity contribution in [1.82, 2.24) is 0 Å². The van der Waals surface area contributed by atoms with Gasteiger partial charge in [0.15, 0.2) is 0 Å². The summed E-state index contributed by atoms with van der Waals surface area (Å²) in [6, 6.07) is 3.98. The molecule has 0 aliphatic carbocycles. The number of rotatable bonds is 6. The Labute approximate surface area is 117 Å². The van der Waals surface area contributed by atoms with E-state index < -0.39 is 10.5 Å². The Bertz CT molecular complexity index is 514. The van der Waals surface area contributed by atoms with Gasteiger partial charge in [0.1, 0.15) is 5.75 Å². The number of carbonyl (C=O) groups excluding carboxylic acids is 1. The van der Waals surface area contributed by atoms with E-state index in [0.29, 0.717) is 12.1 Å². The fourth-order valence-corrected chi connectivity index (χ4v) is 1.79. The summed E-state index contributed by atoms with van der Waals surface area (Å²) < 4.78 is 5.05. The minimum atomic E-state index is -0.998. The third kappa shape index (κ3) is 3.67. The van der Waals surface area contributed by atoms with Crippen LogP contribution in [0.4, 0.5) is 11.4 Å². The molecule has 1 aromatic rings. The average Bonchev–Trinajstić information content (AvgIpc) is 2.38. The van der Waals surface area contributed by atoms with Crippen LogP contribution in [0.15, 0.2) is 18.2 Å². The van der Waals surface area contributed by atoms with Crippen LogP contribution < -0.4 is 15.8 Å². The molecule has 0 aromatic heterocycles. The number of anilines is 1. The molecule has 0 bridgehead atoms. The summed E-state index contributed by atoms with van der Waals surface area (Å²) in [4.78, 5) is 22.2. The first kappa shape index (κ1) is 15.9. The highest BCUT2D eigenvalue weighted by Crippen LogP contribution is 2.29. The van der Waals surface area contributed by atoms with Crippen molar-refractivity contribution in [2.75, 3.05) is 12.4 Å². The molecule has 0 heterocycles. The highest BCUT2D eigenvalue weighted by molar-refractivity contribution is 5.98. The maximum atomic E-state index is 12.1. The third-order valence-corrected chi connectivity index (χ3v) is 2.93. The Kier molecular flexibility index (Phi) is 5.04. The first-order chi connectivity index (χ1) is 9.31. The van der Waals surface area contributed by atoms with Crippen LogP contribution in [0.1, 0.15) is 26.7 Å². The highest BCUT2D eigenvalue weighted by atomic mass is 16.6. The zero-order chi connectivity index (χ0) is 15.3. The first-order valence-corrected chi connectivity index (χ1v) is 6.24. The van der Waals surface area contributed by atoms with E-state index in [4.69, 9.17) is 10.5 Å². The van der Waals surface area contributed by atoms with Gasteiger partial charge in [0, 0.05) is 6.07 Å². The quantitative estimate of drug-likeness (QED) is 0.613. The lowest BCUT2D eigenvalue weighted by Gasteiger charge is -2.23. The molecule has 0 saturated heterocycles. The van der Waals surface area contributed by atoms with Crippen LogP contribution in [-0.4, -0.2) is 23.5 Å². The summed E-state index contributed by atoms with van der Waals surface area (Å²) in [6.07, 6.45) is 1.31. The number of carbonyl (C=O) groups is 1. The van der Waals surface area contributed by atoms with Crippen molar-refractivity contribution in [2.24, 2.45) is 5.73 Å². The first-order valence-electron chi connectivity index (χ1n) is 6.24. The summed E-state index contributed by atoms with van der Waals surface area (Å²) in [6.45, 7) is 3.58. The van der Waals surface area contributed by atoms with E-state index in [-0.39, 0.29) is 17.3 Å². The summed E-state index contributed by atoms with van der Waals surface area (Å²) in [5.74, 6) is -0.133. The van der Waals surface area contributed by atoms with Crippen LogP contribution >= 0.6 is 0 Å². The van der Waals surface area contributed by atoms with Crippen molar-refractivity contribution < 1.29 is 14.5 Å². The van der Waals surface area contributed by atoms with Gasteiger partial charge >= 0.3 is 0 Å². The molecule has 110 valence electrons. The summed E-state index contributed by atoms with van der Waals surface area (Å²) >= 11 is 0. The molecule has 0 radical (unpaired) electrons. The summed E-state index contributed by atoms with van der Waals surface area (Å²) in [7, 11) is 1.38. The number of nitro benzene ring substituents is 1. The van der Waals surface area contributed by atoms with Crippen LogP contribution in [0, 0.1) is 10.1 Å². The standard InChI is InChI=1S/C13H19N3O4/c1-4-7-13(2,14)12(17)15-10-6-5-9(16(18)19)8-11(10)20-3/h5-6,8H,4,7,14H2,1-3H3,(H,15,17). The number of nitrogens with two attached hydrogens (primary N) is 1. The number of ether oxygens (including phenoxy) is 1. The molecule has 0 aliphatic rings. The number of hydrogen-bond acceptors (Lipinski definition) is 5. The molecule has 0 fully saturated rings. The largest absolute Gasteiger partial charge is 0.494 e. The van der Waals surface area contributed by atoms with E-state index in [0.717, 1.165) is 6.42 Å². The lowest BCUT2D eigenvalue weighted by molar-refractivity contribution is -0.384. The van der Waals surface area contributed by atoms with Crippen LogP contribution in [0.3, 0.4) is 0 Å². The number of amides is 1. The zero-order valence-electron chi connectivity index (χ0n) is 11.8. The number of nitrogens with zero attached hydrogens (tertiary/aromatic N) is 1. The smallest absolute Gasteiger partial charge is 0.273 e. The van der Waals surface area contributed by atoms with Gasteiger partial charge in [-0.15, -0.1) is 0 Å². The second kappa shape index (κ2) is 6.33. The Balaban J connectivity index is 2.98. The molecular weight excluding hydrogens is 262 g/mol. The second-order valence-corrected chi connectivity index (χ2v) is 4.76. The molecule has 20 heavy (non-hydrogen) atoms. The van der Waals surface area contributed by atoms with Crippen molar-refractivity contribution in [3.63, 3.8) is 0 Å². The van der Waals surface area contributed by atoms with Gasteiger partial charge in [-0.1, -0.05) is 13.3 Å². The van der Waals surface area contributed by atoms with E-state index >= 15 is 0 Å². The number of hydrogen-bond donors (Lipinski definition) is 2. The topological polar surface area (TPSA) is 107 Å². The molecule has 7 nitrogen and oxygen atoms in total. The summed E-state index contributed by atoms with van der Waals surface area (Å²) in [5, 5.41) is 13.3. The van der Waals surface area contributed by atoms with E-state index in [9.17, 15) is 14.9 Å². The number of benzene rings is 1. The second-order valence-electron chi connectivity index (χ2n) is 4.76. The van der Waals surface area contributed by atoms with Gasteiger partial charge in [-0.2, -0.15) is 0 Å². The Morgan fingerprint density at radius 1 is 1.55 bits per heavy atom. The molecule has 1 unspecified atom stereocenters. The van der Waals surface area contributed by atoms with E-state index in [1.807, 2.05) is 6.92 Å². The number of nitrogens with one attached hydrogen (secondary N) is 1. The lowest BCUT2D eigenvalue weighted by Crippen LogP contribution is -2.48. The molecular formula is C13H19N3O4. The maximum absolute atomic E-state index is 12.1. The van der Waals surface area contributed by atoms with Crippen molar-refractivity contribution in [2.45, 2.75) is 32.2 Å². The fraction of sp³-hybridized carbons (Fsp3) is 0.462. The van der Waals surface area contributed by atoms with Gasteiger partial charge in [0.25, 0.3) is 5.69 Å². The van der Waals surface area contributed by atoms with Gasteiger partial charge in [-0.3, -0.25) is 14.9 Å². The van der Waals surface area contributed by atoms with Crippen molar-refractivity contribution in [3.05, 3.63) is 28.3 Å². The predicted octanol–water partition coefficient (Wildman–Crippen LogP) is 2.06. The normalized spacial score (nSPS) is 13.4. The van der Waals surface area contributed by atoms with Crippen molar-refractivity contribution in [3.8, 4) is 5.75 Å². The minimum absolute atomic E-state index is 0.107. The SMILES string of the molecule is CCCC(C)(N)C(=O)Nc1ccc([N+](=O)[O-])cc1OC. The molecule has 1 amide bonds. The highest BCUT2D eigenvalue weighted by Gasteiger charge is 2.28. The van der Waals surface area contributed by atoms with E-state index in [1.165, 1.54) is 25.3 Å². The van der Waals surface area contributed by atoms with Gasteiger partial charge in [-0.25, -0.2) is 0 Å². The maximum Gasteiger partial charge on any atom is 0.273 e. The van der Waals surface area contributed by atoms with Crippen molar-refractivity contribution >= 4 is 17.3 Å². The third-order valence-electron chi connectivity index (χ3n) is 2.93. The van der Waals surface area contributed by atoms with Gasteiger partial charge in [0.05, 0.1) is 29.3 Å². The van der Waals surface area contributed by atoms with E-state index in [2.05, 4.69) is 5.32 Å².